The maximum absolute atomic E-state index is 12.7. The Morgan fingerprint density at radius 3 is 2.40 bits per heavy atom. The largest absolute Gasteiger partial charge is 0.352 e. The van der Waals surface area contributed by atoms with Crippen molar-refractivity contribution >= 4 is 35.0 Å². The summed E-state index contributed by atoms with van der Waals surface area (Å²) >= 11 is 0. The Hall–Kier alpha value is -3.68. The molecule has 2 aromatic rings. The van der Waals surface area contributed by atoms with Crippen LogP contribution in [-0.2, 0) is 9.59 Å². The molecule has 0 atom stereocenters. The highest BCUT2D eigenvalue weighted by molar-refractivity contribution is 6.09. The second-order valence-corrected chi connectivity index (χ2v) is 7.41. The lowest BCUT2D eigenvalue weighted by Gasteiger charge is -2.27. The zero-order chi connectivity index (χ0) is 21.7. The van der Waals surface area contributed by atoms with Gasteiger partial charge in [-0.25, -0.2) is 5.01 Å². The maximum atomic E-state index is 12.7. The van der Waals surface area contributed by atoms with Crippen LogP contribution < -0.4 is 21.1 Å². The van der Waals surface area contributed by atoms with Gasteiger partial charge in [0.05, 0.1) is 16.9 Å². The molecule has 3 N–H and O–H groups in total. The number of anilines is 2. The lowest BCUT2D eigenvalue weighted by atomic mass is 10.1. The topological polar surface area (TPSA) is 108 Å². The number of carbonyl (C=O) groups excluding carboxylic acids is 4. The third-order valence-corrected chi connectivity index (χ3v) is 4.53. The number of carbonyl (C=O) groups is 4. The van der Waals surface area contributed by atoms with E-state index < -0.39 is 0 Å². The molecule has 0 radical (unpaired) electrons. The smallest absolute Gasteiger partial charge is 0.255 e. The fourth-order valence-electron chi connectivity index (χ4n) is 2.92. The van der Waals surface area contributed by atoms with E-state index >= 15 is 0 Å². The van der Waals surface area contributed by atoms with E-state index in [-0.39, 0.29) is 36.5 Å². The third-order valence-electron chi connectivity index (χ3n) is 4.53. The van der Waals surface area contributed by atoms with Gasteiger partial charge in [-0.2, -0.15) is 0 Å². The minimum Gasteiger partial charge on any atom is -0.352 e. The summed E-state index contributed by atoms with van der Waals surface area (Å²) in [6, 6.07) is 13.1. The van der Waals surface area contributed by atoms with Crippen LogP contribution in [0, 0.1) is 5.92 Å². The lowest BCUT2D eigenvalue weighted by Crippen LogP contribution is -2.50. The van der Waals surface area contributed by atoms with Crippen molar-refractivity contribution in [2.45, 2.75) is 26.7 Å². The number of nitrogens with one attached hydrogen (secondary N) is 3. The van der Waals surface area contributed by atoms with Gasteiger partial charge in [0.15, 0.2) is 0 Å². The van der Waals surface area contributed by atoms with Crippen LogP contribution in [0.25, 0.3) is 0 Å². The van der Waals surface area contributed by atoms with Crippen LogP contribution in [0.3, 0.4) is 0 Å². The van der Waals surface area contributed by atoms with Gasteiger partial charge in [-0.05, 0) is 42.3 Å². The van der Waals surface area contributed by atoms with Crippen molar-refractivity contribution in [1.29, 1.82) is 0 Å². The fraction of sp³-hybridized carbons (Fsp3) is 0.273. The van der Waals surface area contributed by atoms with Crippen LogP contribution in [0.1, 0.15) is 47.4 Å². The van der Waals surface area contributed by atoms with Crippen LogP contribution in [0.5, 0.6) is 0 Å². The molecule has 8 nitrogen and oxygen atoms in total. The van der Waals surface area contributed by atoms with E-state index in [1.54, 1.807) is 48.5 Å². The third kappa shape index (κ3) is 5.02. The molecular weight excluding hydrogens is 384 g/mol. The lowest BCUT2D eigenvalue weighted by molar-refractivity contribution is -0.130. The van der Waals surface area contributed by atoms with E-state index in [4.69, 9.17) is 0 Å². The van der Waals surface area contributed by atoms with E-state index in [1.807, 2.05) is 13.8 Å². The summed E-state index contributed by atoms with van der Waals surface area (Å²) in [7, 11) is 0. The molecule has 3 rings (SSSR count). The summed E-state index contributed by atoms with van der Waals surface area (Å²) in [6.07, 6.45) is 0.309. The number of benzene rings is 2. The van der Waals surface area contributed by atoms with Crippen molar-refractivity contribution in [3.05, 3.63) is 59.7 Å². The molecule has 156 valence electrons. The summed E-state index contributed by atoms with van der Waals surface area (Å²) in [5.41, 5.74) is 4.12. The van der Waals surface area contributed by atoms with Gasteiger partial charge >= 0.3 is 0 Å². The van der Waals surface area contributed by atoms with Gasteiger partial charge in [0.2, 0.25) is 11.8 Å². The maximum Gasteiger partial charge on any atom is 0.255 e. The van der Waals surface area contributed by atoms with Crippen molar-refractivity contribution in [3.63, 3.8) is 0 Å². The second kappa shape index (κ2) is 9.21. The molecular formula is C22H24N4O4. The molecule has 1 aliphatic rings. The molecule has 30 heavy (non-hydrogen) atoms. The fourth-order valence-corrected chi connectivity index (χ4v) is 2.92. The van der Waals surface area contributed by atoms with Gasteiger partial charge < -0.3 is 10.6 Å². The first-order chi connectivity index (χ1) is 14.3. The molecule has 0 aromatic heterocycles. The summed E-state index contributed by atoms with van der Waals surface area (Å²) in [4.78, 5) is 48.6. The van der Waals surface area contributed by atoms with Crippen molar-refractivity contribution in [1.82, 2.24) is 10.7 Å². The summed E-state index contributed by atoms with van der Waals surface area (Å²) in [5.74, 6) is -0.781. The van der Waals surface area contributed by atoms with Crippen molar-refractivity contribution in [2.75, 3.05) is 16.9 Å². The molecule has 2 aromatic carbocycles. The van der Waals surface area contributed by atoms with Crippen molar-refractivity contribution < 1.29 is 19.2 Å². The highest BCUT2D eigenvalue weighted by Crippen LogP contribution is 2.20. The Bertz CT molecular complexity index is 969. The zero-order valence-corrected chi connectivity index (χ0v) is 16.9. The van der Waals surface area contributed by atoms with E-state index in [1.165, 1.54) is 5.01 Å². The van der Waals surface area contributed by atoms with Crippen molar-refractivity contribution in [2.24, 2.45) is 5.92 Å². The first-order valence-electron chi connectivity index (χ1n) is 9.76. The Morgan fingerprint density at radius 1 is 1.00 bits per heavy atom. The zero-order valence-electron chi connectivity index (χ0n) is 16.9. The van der Waals surface area contributed by atoms with Gasteiger partial charge in [0.25, 0.3) is 11.8 Å². The van der Waals surface area contributed by atoms with Gasteiger partial charge in [-0.1, -0.05) is 26.0 Å². The quantitative estimate of drug-likeness (QED) is 0.682. The molecule has 1 fully saturated rings. The van der Waals surface area contributed by atoms with Gasteiger partial charge in [0, 0.05) is 24.9 Å². The number of rotatable bonds is 6. The van der Waals surface area contributed by atoms with E-state index in [0.29, 0.717) is 35.0 Å². The van der Waals surface area contributed by atoms with Crippen LogP contribution in [0.4, 0.5) is 11.4 Å². The minimum absolute atomic E-state index is 0.143. The Kier molecular flexibility index (Phi) is 6.46. The number of amides is 4. The molecule has 1 saturated heterocycles. The predicted octanol–water partition coefficient (Wildman–Crippen LogP) is 2.48. The molecule has 4 amide bonds. The molecule has 1 heterocycles. The monoisotopic (exact) mass is 408 g/mol. The summed E-state index contributed by atoms with van der Waals surface area (Å²) < 4.78 is 0. The Labute approximate surface area is 174 Å². The first-order valence-corrected chi connectivity index (χ1v) is 9.76. The molecule has 0 spiro atoms. The van der Waals surface area contributed by atoms with Crippen LogP contribution in [0.2, 0.25) is 0 Å². The van der Waals surface area contributed by atoms with Crippen molar-refractivity contribution in [3.8, 4) is 0 Å². The highest BCUT2D eigenvalue weighted by atomic mass is 16.2. The number of hydrazine groups is 1. The minimum atomic E-state index is -0.389. The number of para-hydroxylation sites is 1. The SMILES string of the molecule is CC(C)CNC(=O)c1ccccc1NC(=O)c1ccc(N2NC(=O)CCC2=O)cc1. The van der Waals surface area contributed by atoms with E-state index in [0.717, 1.165) is 0 Å². The highest BCUT2D eigenvalue weighted by Gasteiger charge is 2.24. The predicted molar refractivity (Wildman–Crippen MR) is 113 cm³/mol. The molecule has 0 bridgehead atoms. The Morgan fingerprint density at radius 2 is 1.70 bits per heavy atom. The average molecular weight is 408 g/mol. The van der Waals surface area contributed by atoms with Gasteiger partial charge in [-0.3, -0.25) is 24.6 Å². The van der Waals surface area contributed by atoms with E-state index in [2.05, 4.69) is 16.1 Å². The average Bonchev–Trinajstić information content (AvgIpc) is 2.74. The number of hydrogen-bond donors (Lipinski definition) is 3. The van der Waals surface area contributed by atoms with Gasteiger partial charge in [0.1, 0.15) is 0 Å². The Balaban J connectivity index is 1.72. The standard InChI is InChI=1S/C22H24N4O4/c1-14(2)13-23-22(30)17-5-3-4-6-18(17)24-21(29)15-7-9-16(10-8-15)26-20(28)12-11-19(27)25-26/h3-10,14H,11-13H2,1-2H3,(H,23,30)(H,24,29)(H,25,27). The number of hydrogen-bond acceptors (Lipinski definition) is 4. The summed E-state index contributed by atoms with van der Waals surface area (Å²) in [5, 5.41) is 6.78. The van der Waals surface area contributed by atoms with Crippen LogP contribution >= 0.6 is 0 Å². The summed E-state index contributed by atoms with van der Waals surface area (Å²) in [6.45, 7) is 4.54. The molecule has 1 aliphatic heterocycles. The molecule has 0 unspecified atom stereocenters. The molecule has 0 aliphatic carbocycles. The molecule has 0 saturated carbocycles. The van der Waals surface area contributed by atoms with Crippen LogP contribution in [-0.4, -0.2) is 30.2 Å². The normalized spacial score (nSPS) is 13.8. The van der Waals surface area contributed by atoms with E-state index in [9.17, 15) is 19.2 Å². The number of nitrogens with zero attached hydrogens (tertiary/aromatic N) is 1. The molecule has 8 heteroatoms. The van der Waals surface area contributed by atoms with Crippen LogP contribution in [0.15, 0.2) is 48.5 Å². The second-order valence-electron chi connectivity index (χ2n) is 7.41. The first kappa shape index (κ1) is 21.0. The van der Waals surface area contributed by atoms with Gasteiger partial charge in [-0.15, -0.1) is 0 Å².